The molecule has 0 aliphatic rings. The third kappa shape index (κ3) is 2.62. The largest absolute Gasteiger partial charge is 0.479 e. The van der Waals surface area contributed by atoms with Crippen LogP contribution < -0.4 is 10.2 Å². The quantitative estimate of drug-likeness (QED) is 0.736. The molecule has 0 spiro atoms. The van der Waals surface area contributed by atoms with Gasteiger partial charge in [-0.3, -0.25) is 4.79 Å². The molecule has 0 aliphatic carbocycles. The Labute approximate surface area is 73.6 Å². The fraction of sp³-hybridized carbons (Fsp3) is 0.250. The van der Waals surface area contributed by atoms with E-state index in [4.69, 9.17) is 9.52 Å². The van der Waals surface area contributed by atoms with E-state index < -0.39 is 12.6 Å². The third-order valence-corrected chi connectivity index (χ3v) is 1.28. The van der Waals surface area contributed by atoms with Crippen LogP contribution in [0.5, 0.6) is 5.75 Å². The van der Waals surface area contributed by atoms with Crippen LogP contribution >= 0.6 is 0 Å². The lowest BCUT2D eigenvalue weighted by atomic mass is 10.4. The van der Waals surface area contributed by atoms with Crippen LogP contribution in [0.2, 0.25) is 0 Å². The van der Waals surface area contributed by atoms with E-state index in [1.807, 2.05) is 0 Å². The predicted octanol–water partition coefficient (Wildman–Crippen LogP) is 0.412. The first kappa shape index (κ1) is 9.31. The van der Waals surface area contributed by atoms with Crippen molar-refractivity contribution in [2.45, 2.75) is 6.92 Å². The molecule has 0 fully saturated rings. The molecule has 1 rings (SSSR count). The van der Waals surface area contributed by atoms with Crippen molar-refractivity contribution in [3.05, 3.63) is 28.3 Å². The molecule has 5 nitrogen and oxygen atoms in total. The van der Waals surface area contributed by atoms with Crippen LogP contribution in [-0.2, 0) is 4.79 Å². The minimum Gasteiger partial charge on any atom is -0.479 e. The fourth-order valence-corrected chi connectivity index (χ4v) is 0.739. The maximum absolute atomic E-state index is 11.1. The summed E-state index contributed by atoms with van der Waals surface area (Å²) in [5.74, 6) is -0.777. The van der Waals surface area contributed by atoms with Crippen LogP contribution in [0, 0.1) is 6.92 Å². The average molecular weight is 184 g/mol. The molecule has 1 aromatic rings. The van der Waals surface area contributed by atoms with Gasteiger partial charge in [-0.1, -0.05) is 0 Å². The van der Waals surface area contributed by atoms with Crippen LogP contribution in [0.15, 0.2) is 21.5 Å². The van der Waals surface area contributed by atoms with Gasteiger partial charge in [-0.05, 0) is 6.92 Å². The van der Waals surface area contributed by atoms with Crippen molar-refractivity contribution < 1.29 is 19.1 Å². The van der Waals surface area contributed by atoms with Gasteiger partial charge in [0.05, 0.1) is 0 Å². The molecule has 70 valence electrons. The number of hydrogen-bond acceptors (Lipinski definition) is 4. The minimum atomic E-state index is -1.14. The molecule has 0 saturated carbocycles. The average Bonchev–Trinajstić information content (AvgIpc) is 2.02. The molecule has 1 heterocycles. The molecule has 1 aromatic heterocycles. The van der Waals surface area contributed by atoms with E-state index in [1.165, 1.54) is 6.07 Å². The molecule has 5 heteroatoms. The van der Waals surface area contributed by atoms with E-state index >= 15 is 0 Å². The van der Waals surface area contributed by atoms with Gasteiger partial charge >= 0.3 is 5.97 Å². The maximum Gasteiger partial charge on any atom is 0.341 e. The first-order chi connectivity index (χ1) is 6.09. The van der Waals surface area contributed by atoms with E-state index in [-0.39, 0.29) is 11.2 Å². The summed E-state index contributed by atoms with van der Waals surface area (Å²) < 4.78 is 9.50. The smallest absolute Gasteiger partial charge is 0.341 e. The highest BCUT2D eigenvalue weighted by molar-refractivity contribution is 5.68. The summed E-state index contributed by atoms with van der Waals surface area (Å²) in [5.41, 5.74) is -0.384. The number of ether oxygens (including phenoxy) is 1. The Kier molecular flexibility index (Phi) is 2.69. The number of aliphatic carboxylic acids is 1. The van der Waals surface area contributed by atoms with E-state index in [0.717, 1.165) is 6.26 Å². The summed E-state index contributed by atoms with van der Waals surface area (Å²) in [6.07, 6.45) is 1.10. The van der Waals surface area contributed by atoms with Crippen molar-refractivity contribution in [1.29, 1.82) is 0 Å². The van der Waals surface area contributed by atoms with Gasteiger partial charge in [0, 0.05) is 6.07 Å². The Morgan fingerprint density at radius 2 is 2.38 bits per heavy atom. The molecule has 1 N–H and O–H groups in total. The van der Waals surface area contributed by atoms with Crippen molar-refractivity contribution in [1.82, 2.24) is 0 Å². The molecule has 0 radical (unpaired) electrons. The lowest BCUT2D eigenvalue weighted by Crippen LogP contribution is -2.14. The standard InChI is InChI=1S/C8H8O5/c1-5-2-6(9)7(3-12-5)13-4-8(10)11/h2-3H,4H2,1H3,(H,10,11). The van der Waals surface area contributed by atoms with Gasteiger partial charge in [0.15, 0.2) is 6.61 Å². The first-order valence-electron chi connectivity index (χ1n) is 3.53. The van der Waals surface area contributed by atoms with Gasteiger partial charge in [-0.15, -0.1) is 0 Å². The van der Waals surface area contributed by atoms with Crippen molar-refractivity contribution in [2.75, 3.05) is 6.61 Å². The number of carboxylic acid groups (broad SMARTS) is 1. The zero-order valence-electron chi connectivity index (χ0n) is 6.94. The second-order valence-corrected chi connectivity index (χ2v) is 2.40. The van der Waals surface area contributed by atoms with E-state index in [2.05, 4.69) is 4.74 Å². The highest BCUT2D eigenvalue weighted by atomic mass is 16.5. The fourth-order valence-electron chi connectivity index (χ4n) is 0.739. The van der Waals surface area contributed by atoms with Gasteiger partial charge in [-0.2, -0.15) is 0 Å². The minimum absolute atomic E-state index is 0.0898. The summed E-state index contributed by atoms with van der Waals surface area (Å²) in [7, 11) is 0. The highest BCUT2D eigenvalue weighted by Crippen LogP contribution is 2.03. The lowest BCUT2D eigenvalue weighted by molar-refractivity contribution is -0.139. The van der Waals surface area contributed by atoms with Gasteiger partial charge in [-0.25, -0.2) is 4.79 Å². The second-order valence-electron chi connectivity index (χ2n) is 2.40. The lowest BCUT2D eigenvalue weighted by Gasteiger charge is -2.00. The summed E-state index contributed by atoms with van der Waals surface area (Å²) in [4.78, 5) is 21.2. The van der Waals surface area contributed by atoms with Crippen LogP contribution in [0.25, 0.3) is 0 Å². The zero-order chi connectivity index (χ0) is 9.84. The Hall–Kier alpha value is -1.78. The van der Waals surface area contributed by atoms with E-state index in [1.54, 1.807) is 6.92 Å². The van der Waals surface area contributed by atoms with E-state index in [9.17, 15) is 9.59 Å². The van der Waals surface area contributed by atoms with Gasteiger partial charge in [0.1, 0.15) is 12.0 Å². The monoisotopic (exact) mass is 184 g/mol. The van der Waals surface area contributed by atoms with Gasteiger partial charge in [0.25, 0.3) is 0 Å². The van der Waals surface area contributed by atoms with Crippen molar-refractivity contribution in [3.8, 4) is 5.75 Å². The van der Waals surface area contributed by atoms with Crippen LogP contribution in [-0.4, -0.2) is 17.7 Å². The molecule has 0 unspecified atom stereocenters. The molecule has 0 saturated heterocycles. The molecule has 0 bridgehead atoms. The molecule has 0 aliphatic heterocycles. The number of hydrogen-bond donors (Lipinski definition) is 1. The van der Waals surface area contributed by atoms with Gasteiger partial charge in [0.2, 0.25) is 11.2 Å². The number of aryl methyl sites for hydroxylation is 1. The Morgan fingerprint density at radius 3 is 2.92 bits per heavy atom. The molecule has 13 heavy (non-hydrogen) atoms. The molecule has 0 amide bonds. The van der Waals surface area contributed by atoms with Crippen molar-refractivity contribution in [2.24, 2.45) is 0 Å². The third-order valence-electron chi connectivity index (χ3n) is 1.28. The summed E-state index contributed by atoms with van der Waals surface area (Å²) in [6, 6.07) is 1.23. The number of carboxylic acids is 1. The Bertz CT molecular complexity index is 365. The zero-order valence-corrected chi connectivity index (χ0v) is 6.94. The number of rotatable bonds is 3. The van der Waals surface area contributed by atoms with Gasteiger partial charge < -0.3 is 14.3 Å². The van der Waals surface area contributed by atoms with Crippen molar-refractivity contribution in [3.63, 3.8) is 0 Å². The summed E-state index contributed by atoms with van der Waals surface area (Å²) in [6.45, 7) is 1.07. The SMILES string of the molecule is Cc1cc(=O)c(OCC(=O)O)co1. The molecular formula is C8H8O5. The van der Waals surface area contributed by atoms with Crippen LogP contribution in [0.1, 0.15) is 5.76 Å². The van der Waals surface area contributed by atoms with E-state index in [0.29, 0.717) is 5.76 Å². The maximum atomic E-state index is 11.1. The molecule has 0 aromatic carbocycles. The topological polar surface area (TPSA) is 76.7 Å². The summed E-state index contributed by atoms with van der Waals surface area (Å²) >= 11 is 0. The van der Waals surface area contributed by atoms with Crippen LogP contribution in [0.4, 0.5) is 0 Å². The van der Waals surface area contributed by atoms with Crippen LogP contribution in [0.3, 0.4) is 0 Å². The Morgan fingerprint density at radius 1 is 1.69 bits per heavy atom. The number of carbonyl (C=O) groups is 1. The first-order valence-corrected chi connectivity index (χ1v) is 3.53. The predicted molar refractivity (Wildman–Crippen MR) is 42.8 cm³/mol. The highest BCUT2D eigenvalue weighted by Gasteiger charge is 2.04. The molecule has 0 atom stereocenters. The van der Waals surface area contributed by atoms with Crippen molar-refractivity contribution >= 4 is 5.97 Å². The normalized spacial score (nSPS) is 9.62. The summed E-state index contributed by atoms with van der Waals surface area (Å²) in [5, 5.41) is 8.26. The Balaban J connectivity index is 2.78. The molecular weight excluding hydrogens is 176 g/mol. The second kappa shape index (κ2) is 3.75.